The predicted molar refractivity (Wildman–Crippen MR) is 99.1 cm³/mol. The Kier molecular flexibility index (Phi) is 6.71. The van der Waals surface area contributed by atoms with Crippen molar-refractivity contribution >= 4 is 0 Å². The quantitative estimate of drug-likeness (QED) is 0.750. The van der Waals surface area contributed by atoms with Crippen molar-refractivity contribution < 1.29 is 14.2 Å². The Hall–Kier alpha value is -2.04. The summed E-state index contributed by atoms with van der Waals surface area (Å²) in [6.07, 6.45) is 2.64. The monoisotopic (exact) mass is 341 g/mol. The zero-order chi connectivity index (χ0) is 17.3. The van der Waals surface area contributed by atoms with Crippen molar-refractivity contribution in [1.29, 1.82) is 0 Å². The zero-order valence-electron chi connectivity index (χ0n) is 14.9. The van der Waals surface area contributed by atoms with Crippen molar-refractivity contribution in [3.05, 3.63) is 59.7 Å². The van der Waals surface area contributed by atoms with Crippen molar-refractivity contribution in [2.24, 2.45) is 0 Å². The molecule has 3 rings (SSSR count). The third-order valence-electron chi connectivity index (χ3n) is 4.30. The van der Waals surface area contributed by atoms with E-state index in [0.717, 1.165) is 55.2 Å². The Morgan fingerprint density at radius 2 is 1.96 bits per heavy atom. The van der Waals surface area contributed by atoms with Gasteiger partial charge >= 0.3 is 0 Å². The van der Waals surface area contributed by atoms with Crippen LogP contribution in [0.15, 0.2) is 48.5 Å². The number of nitrogens with one attached hydrogen (secondary N) is 1. The molecule has 0 radical (unpaired) electrons. The van der Waals surface area contributed by atoms with E-state index in [1.54, 1.807) is 0 Å². The third kappa shape index (κ3) is 5.21. The molecule has 1 heterocycles. The van der Waals surface area contributed by atoms with Crippen LogP contribution in [-0.4, -0.2) is 25.9 Å². The van der Waals surface area contributed by atoms with Crippen LogP contribution in [0.3, 0.4) is 0 Å². The third-order valence-corrected chi connectivity index (χ3v) is 4.30. The van der Waals surface area contributed by atoms with Gasteiger partial charge in [0.15, 0.2) is 11.5 Å². The summed E-state index contributed by atoms with van der Waals surface area (Å²) in [5, 5.41) is 3.49. The average Bonchev–Trinajstić information content (AvgIpc) is 3.16. The van der Waals surface area contributed by atoms with E-state index in [4.69, 9.17) is 14.2 Å². The van der Waals surface area contributed by atoms with Crippen LogP contribution in [0.5, 0.6) is 11.5 Å². The Morgan fingerprint density at radius 1 is 1.08 bits per heavy atom. The summed E-state index contributed by atoms with van der Waals surface area (Å²) in [4.78, 5) is 0. The van der Waals surface area contributed by atoms with Crippen molar-refractivity contribution in [1.82, 2.24) is 5.32 Å². The van der Waals surface area contributed by atoms with Crippen molar-refractivity contribution in [2.75, 3.05) is 19.8 Å². The molecule has 0 aliphatic carbocycles. The summed E-state index contributed by atoms with van der Waals surface area (Å²) in [6.45, 7) is 5.64. The van der Waals surface area contributed by atoms with Crippen molar-refractivity contribution in [3.8, 4) is 11.5 Å². The highest BCUT2D eigenvalue weighted by Gasteiger charge is 2.16. The maximum Gasteiger partial charge on any atom is 0.166 e. The van der Waals surface area contributed by atoms with Gasteiger partial charge in [0, 0.05) is 25.3 Å². The summed E-state index contributed by atoms with van der Waals surface area (Å²) < 4.78 is 17.6. The van der Waals surface area contributed by atoms with Crippen LogP contribution < -0.4 is 14.8 Å². The van der Waals surface area contributed by atoms with Crippen molar-refractivity contribution in [2.45, 2.75) is 39.0 Å². The van der Waals surface area contributed by atoms with Gasteiger partial charge in [0.1, 0.15) is 6.61 Å². The first-order chi connectivity index (χ1) is 12.4. The molecule has 0 unspecified atom stereocenters. The number of ether oxygens (including phenoxy) is 3. The minimum absolute atomic E-state index is 0.337. The van der Waals surface area contributed by atoms with E-state index in [9.17, 15) is 0 Å². The maximum atomic E-state index is 6.13. The van der Waals surface area contributed by atoms with Gasteiger partial charge in [0.2, 0.25) is 0 Å². The standard InChI is InChI=1S/C21H27NO3/c1-2-23-20-12-6-10-18(14-22-15-19-11-7-13-24-19)21(20)25-16-17-8-4-3-5-9-17/h3-6,8-10,12,19,22H,2,7,11,13-16H2,1H3/t19-/m1/s1. The van der Waals surface area contributed by atoms with Crippen LogP contribution in [0, 0.1) is 0 Å². The highest BCUT2D eigenvalue weighted by molar-refractivity contribution is 5.46. The van der Waals surface area contributed by atoms with Crippen LogP contribution in [0.25, 0.3) is 0 Å². The first kappa shape index (κ1) is 17.8. The van der Waals surface area contributed by atoms with Crippen molar-refractivity contribution in [3.63, 3.8) is 0 Å². The van der Waals surface area contributed by atoms with Gasteiger partial charge in [-0.3, -0.25) is 0 Å². The molecule has 1 N–H and O–H groups in total. The molecular weight excluding hydrogens is 314 g/mol. The van der Waals surface area contributed by atoms with Crippen LogP contribution in [0.1, 0.15) is 30.9 Å². The molecule has 2 aromatic rings. The van der Waals surface area contributed by atoms with E-state index in [0.29, 0.717) is 19.3 Å². The Balaban J connectivity index is 1.66. The molecule has 0 bridgehead atoms. The number of hydrogen-bond donors (Lipinski definition) is 1. The Bertz CT molecular complexity index is 639. The lowest BCUT2D eigenvalue weighted by Gasteiger charge is -2.17. The van der Waals surface area contributed by atoms with E-state index >= 15 is 0 Å². The van der Waals surface area contributed by atoms with Gasteiger partial charge in [-0.15, -0.1) is 0 Å². The molecule has 4 heteroatoms. The maximum absolute atomic E-state index is 6.13. The number of rotatable bonds is 9. The molecule has 2 aromatic carbocycles. The normalized spacial score (nSPS) is 16.8. The molecule has 0 amide bonds. The van der Waals surface area contributed by atoms with Gasteiger partial charge in [0.25, 0.3) is 0 Å². The van der Waals surface area contributed by atoms with Gasteiger partial charge < -0.3 is 19.5 Å². The van der Waals surface area contributed by atoms with Gasteiger partial charge in [-0.25, -0.2) is 0 Å². The van der Waals surface area contributed by atoms with E-state index in [2.05, 4.69) is 23.5 Å². The minimum Gasteiger partial charge on any atom is -0.490 e. The summed E-state index contributed by atoms with van der Waals surface area (Å²) >= 11 is 0. The van der Waals surface area contributed by atoms with E-state index in [-0.39, 0.29) is 0 Å². The van der Waals surface area contributed by atoms with Gasteiger partial charge in [-0.1, -0.05) is 42.5 Å². The Morgan fingerprint density at radius 3 is 2.72 bits per heavy atom. The summed E-state index contributed by atoms with van der Waals surface area (Å²) in [7, 11) is 0. The van der Waals surface area contributed by atoms with E-state index < -0.39 is 0 Å². The van der Waals surface area contributed by atoms with E-state index in [1.165, 1.54) is 0 Å². The SMILES string of the molecule is CCOc1cccc(CNC[C@H]2CCCO2)c1OCc1ccccc1. The molecule has 134 valence electrons. The molecule has 0 spiro atoms. The fourth-order valence-electron chi connectivity index (χ4n) is 3.04. The van der Waals surface area contributed by atoms with Gasteiger partial charge in [0.05, 0.1) is 12.7 Å². The second-order valence-electron chi connectivity index (χ2n) is 6.22. The summed E-state index contributed by atoms with van der Waals surface area (Å²) in [5.74, 6) is 1.63. The zero-order valence-corrected chi connectivity index (χ0v) is 14.9. The molecule has 1 atom stereocenters. The van der Waals surface area contributed by atoms with Crippen LogP contribution in [0.2, 0.25) is 0 Å². The van der Waals surface area contributed by atoms with E-state index in [1.807, 2.05) is 37.3 Å². The molecule has 1 saturated heterocycles. The molecule has 4 nitrogen and oxygen atoms in total. The number of para-hydroxylation sites is 1. The average molecular weight is 341 g/mol. The molecule has 0 saturated carbocycles. The lowest BCUT2D eigenvalue weighted by Crippen LogP contribution is -2.26. The predicted octanol–water partition coefficient (Wildman–Crippen LogP) is 3.93. The first-order valence-corrected chi connectivity index (χ1v) is 9.10. The molecule has 0 aromatic heterocycles. The highest BCUT2D eigenvalue weighted by Crippen LogP contribution is 2.32. The smallest absolute Gasteiger partial charge is 0.166 e. The Labute approximate surface area is 150 Å². The van der Waals surface area contributed by atoms with Gasteiger partial charge in [-0.2, -0.15) is 0 Å². The first-order valence-electron chi connectivity index (χ1n) is 9.10. The molecule has 25 heavy (non-hydrogen) atoms. The van der Waals surface area contributed by atoms with Gasteiger partial charge in [-0.05, 0) is 31.4 Å². The van der Waals surface area contributed by atoms with Crippen LogP contribution >= 0.6 is 0 Å². The summed E-state index contributed by atoms with van der Waals surface area (Å²) in [5.41, 5.74) is 2.26. The molecule has 1 aliphatic heterocycles. The molecular formula is C21H27NO3. The van der Waals surface area contributed by atoms with Crippen LogP contribution in [0.4, 0.5) is 0 Å². The lowest BCUT2D eigenvalue weighted by atomic mass is 10.1. The number of benzene rings is 2. The van der Waals surface area contributed by atoms with Crippen LogP contribution in [-0.2, 0) is 17.9 Å². The highest BCUT2D eigenvalue weighted by atomic mass is 16.5. The number of hydrogen-bond acceptors (Lipinski definition) is 4. The minimum atomic E-state index is 0.337. The molecule has 1 fully saturated rings. The largest absolute Gasteiger partial charge is 0.490 e. The molecule has 1 aliphatic rings. The fraction of sp³-hybridized carbons (Fsp3) is 0.429. The fourth-order valence-corrected chi connectivity index (χ4v) is 3.04. The lowest BCUT2D eigenvalue weighted by molar-refractivity contribution is 0.110. The second kappa shape index (κ2) is 9.44. The topological polar surface area (TPSA) is 39.7 Å². The second-order valence-corrected chi connectivity index (χ2v) is 6.22. The summed E-state index contributed by atoms with van der Waals surface area (Å²) in [6, 6.07) is 16.3.